The molecule has 3 rings (SSSR count). The zero-order chi connectivity index (χ0) is 23.3. The van der Waals surface area contributed by atoms with Crippen molar-refractivity contribution in [2.75, 3.05) is 25.5 Å². The summed E-state index contributed by atoms with van der Waals surface area (Å²) in [6.45, 7) is 3.68. The monoisotopic (exact) mass is 457 g/mol. The molecule has 0 bridgehead atoms. The highest BCUT2D eigenvalue weighted by molar-refractivity contribution is 7.89. The highest BCUT2D eigenvalue weighted by atomic mass is 32.2. The summed E-state index contributed by atoms with van der Waals surface area (Å²) in [5.41, 5.74) is 4.94. The zero-order valence-corrected chi connectivity index (χ0v) is 19.7. The van der Waals surface area contributed by atoms with Gasteiger partial charge >= 0.3 is 0 Å². The van der Waals surface area contributed by atoms with Crippen LogP contribution in [0.5, 0.6) is 0 Å². The lowest BCUT2D eigenvalue weighted by Gasteiger charge is -2.19. The van der Waals surface area contributed by atoms with Crippen LogP contribution in [0.3, 0.4) is 0 Å². The average molecular weight is 458 g/mol. The molecular weight excluding hydrogens is 426 g/mol. The van der Waals surface area contributed by atoms with Crippen molar-refractivity contribution < 1.29 is 18.0 Å². The standard InChI is InChI=1S/C24H31N3O4S/c1-17-7-6-8-18(2)24(17)26-22(28)16-27(3)23(29)13-14-25-32(30,31)21-12-11-19-9-4-5-10-20(19)15-21/h6-8,11-12,15,25H,4-5,9-10,13-14,16H2,1-3H3,(H,26,28). The number of nitrogens with one attached hydrogen (secondary N) is 2. The van der Waals surface area contributed by atoms with E-state index in [9.17, 15) is 18.0 Å². The lowest BCUT2D eigenvalue weighted by atomic mass is 9.92. The molecule has 7 nitrogen and oxygen atoms in total. The minimum atomic E-state index is -3.69. The van der Waals surface area contributed by atoms with E-state index in [1.807, 2.05) is 38.1 Å². The van der Waals surface area contributed by atoms with Crippen LogP contribution in [0.4, 0.5) is 5.69 Å². The maximum Gasteiger partial charge on any atom is 0.243 e. The molecule has 0 saturated carbocycles. The number of benzene rings is 2. The summed E-state index contributed by atoms with van der Waals surface area (Å²) in [5.74, 6) is -0.609. The molecule has 0 spiro atoms. The molecule has 8 heteroatoms. The van der Waals surface area contributed by atoms with Gasteiger partial charge in [-0.15, -0.1) is 0 Å². The maximum absolute atomic E-state index is 12.6. The summed E-state index contributed by atoms with van der Waals surface area (Å²) >= 11 is 0. The van der Waals surface area contributed by atoms with Gasteiger partial charge in [-0.05, 0) is 73.9 Å². The molecule has 1 aliphatic rings. The molecule has 2 amide bonds. The van der Waals surface area contributed by atoms with Crippen molar-refractivity contribution in [2.24, 2.45) is 0 Å². The number of hydrogen-bond acceptors (Lipinski definition) is 4. The van der Waals surface area contributed by atoms with Gasteiger partial charge in [0.2, 0.25) is 21.8 Å². The van der Waals surface area contributed by atoms with E-state index < -0.39 is 10.0 Å². The summed E-state index contributed by atoms with van der Waals surface area (Å²) in [5, 5.41) is 2.85. The molecule has 0 unspecified atom stereocenters. The molecule has 2 N–H and O–H groups in total. The van der Waals surface area contributed by atoms with E-state index in [-0.39, 0.29) is 36.2 Å². The number of carbonyl (C=O) groups excluding carboxylic acids is 2. The molecular formula is C24H31N3O4S. The highest BCUT2D eigenvalue weighted by Gasteiger charge is 2.19. The van der Waals surface area contributed by atoms with Crippen LogP contribution < -0.4 is 10.0 Å². The van der Waals surface area contributed by atoms with Gasteiger partial charge in [0.15, 0.2) is 0 Å². The lowest BCUT2D eigenvalue weighted by Crippen LogP contribution is -2.37. The number of anilines is 1. The second-order valence-electron chi connectivity index (χ2n) is 8.35. The topological polar surface area (TPSA) is 95.6 Å². The second kappa shape index (κ2) is 10.3. The Kier molecular flexibility index (Phi) is 7.69. The molecule has 1 aliphatic carbocycles. The van der Waals surface area contributed by atoms with Gasteiger partial charge in [0.1, 0.15) is 0 Å². The van der Waals surface area contributed by atoms with Crippen LogP contribution in [0, 0.1) is 13.8 Å². The van der Waals surface area contributed by atoms with Gasteiger partial charge in [0.05, 0.1) is 11.4 Å². The first kappa shape index (κ1) is 23.9. The first-order valence-electron chi connectivity index (χ1n) is 10.9. The zero-order valence-electron chi connectivity index (χ0n) is 18.9. The largest absolute Gasteiger partial charge is 0.336 e. The van der Waals surface area contributed by atoms with E-state index in [0.29, 0.717) is 0 Å². The molecule has 32 heavy (non-hydrogen) atoms. The number of aryl methyl sites for hydroxylation is 4. The maximum atomic E-state index is 12.6. The fraction of sp³-hybridized carbons (Fsp3) is 0.417. The molecule has 0 radical (unpaired) electrons. The average Bonchev–Trinajstić information content (AvgIpc) is 2.75. The Morgan fingerprint density at radius 3 is 2.34 bits per heavy atom. The molecule has 0 aliphatic heterocycles. The Bertz CT molecular complexity index is 1090. The first-order chi connectivity index (χ1) is 15.2. The number of amides is 2. The number of para-hydroxylation sites is 1. The Balaban J connectivity index is 1.50. The van der Waals surface area contributed by atoms with Crippen LogP contribution in [0.2, 0.25) is 0 Å². The van der Waals surface area contributed by atoms with Crippen molar-refractivity contribution in [3.63, 3.8) is 0 Å². The van der Waals surface area contributed by atoms with E-state index >= 15 is 0 Å². The Morgan fingerprint density at radius 1 is 1.00 bits per heavy atom. The Morgan fingerprint density at radius 2 is 1.66 bits per heavy atom. The fourth-order valence-electron chi connectivity index (χ4n) is 3.94. The van der Waals surface area contributed by atoms with Crippen LogP contribution in [0.25, 0.3) is 0 Å². The van der Waals surface area contributed by atoms with Crippen LogP contribution in [-0.2, 0) is 32.5 Å². The molecule has 0 saturated heterocycles. The Labute approximate surface area is 190 Å². The van der Waals surface area contributed by atoms with Crippen LogP contribution in [0.15, 0.2) is 41.3 Å². The van der Waals surface area contributed by atoms with Crippen LogP contribution >= 0.6 is 0 Å². The smallest absolute Gasteiger partial charge is 0.243 e. The highest BCUT2D eigenvalue weighted by Crippen LogP contribution is 2.24. The molecule has 172 valence electrons. The lowest BCUT2D eigenvalue weighted by molar-refractivity contribution is -0.133. The van der Waals surface area contributed by atoms with E-state index in [1.165, 1.54) is 17.5 Å². The van der Waals surface area contributed by atoms with Gasteiger partial charge in [-0.1, -0.05) is 24.3 Å². The quantitative estimate of drug-likeness (QED) is 0.637. The van der Waals surface area contributed by atoms with Crippen molar-refractivity contribution in [1.82, 2.24) is 9.62 Å². The number of carbonyl (C=O) groups is 2. The molecule has 0 aromatic heterocycles. The summed E-state index contributed by atoms with van der Waals surface area (Å²) < 4.78 is 27.7. The molecule has 0 atom stereocenters. The number of sulfonamides is 1. The second-order valence-corrected chi connectivity index (χ2v) is 10.1. The van der Waals surface area contributed by atoms with Crippen molar-refractivity contribution in [1.29, 1.82) is 0 Å². The van der Waals surface area contributed by atoms with Gasteiger partial charge < -0.3 is 10.2 Å². The SMILES string of the molecule is Cc1cccc(C)c1NC(=O)CN(C)C(=O)CCNS(=O)(=O)c1ccc2c(c1)CCCC2. The number of rotatable bonds is 8. The third kappa shape index (κ3) is 5.95. The summed E-state index contributed by atoms with van der Waals surface area (Å²) in [6, 6.07) is 11.0. The number of fused-ring (bicyclic) bond motifs is 1. The van der Waals surface area contributed by atoms with E-state index in [1.54, 1.807) is 12.1 Å². The predicted octanol–water partition coefficient (Wildman–Crippen LogP) is 2.95. The molecule has 2 aromatic rings. The van der Waals surface area contributed by atoms with E-state index in [0.717, 1.165) is 48.1 Å². The van der Waals surface area contributed by atoms with Gasteiger partial charge in [-0.25, -0.2) is 13.1 Å². The van der Waals surface area contributed by atoms with Crippen molar-refractivity contribution in [3.8, 4) is 0 Å². The van der Waals surface area contributed by atoms with Crippen molar-refractivity contribution in [3.05, 3.63) is 58.7 Å². The van der Waals surface area contributed by atoms with Gasteiger partial charge in [-0.2, -0.15) is 0 Å². The fourth-order valence-corrected chi connectivity index (χ4v) is 5.02. The van der Waals surface area contributed by atoms with Crippen LogP contribution in [-0.4, -0.2) is 45.3 Å². The minimum Gasteiger partial charge on any atom is -0.336 e. The number of nitrogens with zero attached hydrogens (tertiary/aromatic N) is 1. The first-order valence-corrected chi connectivity index (χ1v) is 12.4. The number of hydrogen-bond donors (Lipinski definition) is 2. The van der Waals surface area contributed by atoms with Gasteiger partial charge in [0, 0.05) is 25.7 Å². The van der Waals surface area contributed by atoms with Crippen LogP contribution in [0.1, 0.15) is 41.5 Å². The van der Waals surface area contributed by atoms with Gasteiger partial charge in [0.25, 0.3) is 0 Å². The van der Waals surface area contributed by atoms with Crippen molar-refractivity contribution >= 4 is 27.5 Å². The normalized spacial score (nSPS) is 13.3. The third-order valence-corrected chi connectivity index (χ3v) is 7.27. The number of likely N-dealkylation sites (N-methyl/N-ethyl adjacent to an activating group) is 1. The predicted molar refractivity (Wildman–Crippen MR) is 125 cm³/mol. The van der Waals surface area contributed by atoms with E-state index in [2.05, 4.69) is 10.0 Å². The summed E-state index contributed by atoms with van der Waals surface area (Å²) in [6.07, 6.45) is 4.06. The third-order valence-electron chi connectivity index (χ3n) is 5.81. The molecule has 0 heterocycles. The molecule has 2 aromatic carbocycles. The van der Waals surface area contributed by atoms with E-state index in [4.69, 9.17) is 0 Å². The van der Waals surface area contributed by atoms with Gasteiger partial charge in [-0.3, -0.25) is 9.59 Å². The Hall–Kier alpha value is -2.71. The minimum absolute atomic E-state index is 0.0267. The summed E-state index contributed by atoms with van der Waals surface area (Å²) in [7, 11) is -2.16. The van der Waals surface area contributed by atoms with Crippen molar-refractivity contribution in [2.45, 2.75) is 50.8 Å². The summed E-state index contributed by atoms with van der Waals surface area (Å²) in [4.78, 5) is 26.3. The molecule has 0 fully saturated rings.